The lowest BCUT2D eigenvalue weighted by molar-refractivity contribution is -0.114. The van der Waals surface area contributed by atoms with Crippen molar-refractivity contribution in [3.05, 3.63) is 29.0 Å². The zero-order valence-corrected chi connectivity index (χ0v) is 14.6. The van der Waals surface area contributed by atoms with Gasteiger partial charge in [0, 0.05) is 22.9 Å². The van der Waals surface area contributed by atoms with Gasteiger partial charge in [0.25, 0.3) is 0 Å². The minimum Gasteiger partial charge on any atom is -0.496 e. The Morgan fingerprint density at radius 3 is 2.17 bits per heavy atom. The number of ether oxygens (including phenoxy) is 3. The van der Waals surface area contributed by atoms with Crippen molar-refractivity contribution < 1.29 is 19.0 Å². The Bertz CT molecular complexity index is 685. The van der Waals surface area contributed by atoms with Crippen LogP contribution in [-0.4, -0.2) is 32.2 Å². The summed E-state index contributed by atoms with van der Waals surface area (Å²) in [6.07, 6.45) is 0. The lowest BCUT2D eigenvalue weighted by Gasteiger charge is -2.31. The third kappa shape index (κ3) is 3.24. The fourth-order valence-electron chi connectivity index (χ4n) is 2.67. The number of ketones is 1. The predicted molar refractivity (Wildman–Crippen MR) is 91.1 cm³/mol. The summed E-state index contributed by atoms with van der Waals surface area (Å²) in [6, 6.07) is 3.10. The van der Waals surface area contributed by atoms with E-state index in [1.165, 1.54) is 6.92 Å². The molecule has 0 aliphatic carbocycles. The van der Waals surface area contributed by atoms with Gasteiger partial charge in [-0.3, -0.25) is 4.79 Å². The Hall–Kier alpha value is -2.28. The number of Topliss-reactive ketones (excluding diaryl/α,β-unsaturated/α-hetero) is 1. The van der Waals surface area contributed by atoms with E-state index in [4.69, 9.17) is 26.4 Å². The molecule has 0 saturated heterocycles. The number of benzene rings is 1. The number of rotatable bonds is 5. The van der Waals surface area contributed by atoms with Gasteiger partial charge in [-0.05, 0) is 32.1 Å². The van der Waals surface area contributed by atoms with E-state index in [9.17, 15) is 4.79 Å². The molecule has 6 nitrogen and oxygen atoms in total. The first-order valence-electron chi connectivity index (χ1n) is 7.02. The fraction of sp³-hybridized carbons (Fsp3) is 0.375. The number of hydrogen-bond acceptors (Lipinski definition) is 5. The molecule has 1 aliphatic rings. The van der Waals surface area contributed by atoms with Crippen LogP contribution in [-0.2, 0) is 4.79 Å². The predicted octanol–water partition coefficient (Wildman–Crippen LogP) is 2.09. The molecule has 1 aromatic rings. The van der Waals surface area contributed by atoms with Gasteiger partial charge in [-0.25, -0.2) is 0 Å². The highest BCUT2D eigenvalue weighted by Gasteiger charge is 2.31. The minimum absolute atomic E-state index is 0.0492. The second-order valence-electron chi connectivity index (χ2n) is 5.08. The van der Waals surface area contributed by atoms with Crippen LogP contribution in [0.3, 0.4) is 0 Å². The standard InChI is InChI=1S/C16H20N2O4S/c1-8-14(9(2)19)15(18-16(23)17-8)10-6-12(21-4)13(22-5)7-11(10)20-3/h6-7,15H,1-5H3,(H2,17,18,23)/t15-/m1/s1. The molecule has 0 aromatic heterocycles. The number of methoxy groups -OCH3 is 3. The van der Waals surface area contributed by atoms with Gasteiger partial charge in [0.15, 0.2) is 22.4 Å². The summed E-state index contributed by atoms with van der Waals surface area (Å²) in [7, 11) is 4.68. The molecule has 0 radical (unpaired) electrons. The van der Waals surface area contributed by atoms with Crippen molar-refractivity contribution >= 4 is 23.1 Å². The molecule has 7 heteroatoms. The molecule has 1 atom stereocenters. The Kier molecular flexibility index (Phi) is 5.10. The van der Waals surface area contributed by atoms with Crippen molar-refractivity contribution in [2.45, 2.75) is 19.9 Å². The van der Waals surface area contributed by atoms with Crippen molar-refractivity contribution in [2.24, 2.45) is 0 Å². The van der Waals surface area contributed by atoms with E-state index >= 15 is 0 Å². The molecule has 0 fully saturated rings. The molecular weight excluding hydrogens is 316 g/mol. The quantitative estimate of drug-likeness (QED) is 0.798. The van der Waals surface area contributed by atoms with E-state index < -0.39 is 6.04 Å². The smallest absolute Gasteiger partial charge is 0.171 e. The Morgan fingerprint density at radius 2 is 1.65 bits per heavy atom. The topological polar surface area (TPSA) is 68.8 Å². The largest absolute Gasteiger partial charge is 0.496 e. The summed E-state index contributed by atoms with van der Waals surface area (Å²) < 4.78 is 16.1. The first-order valence-corrected chi connectivity index (χ1v) is 7.42. The molecule has 2 rings (SSSR count). The molecule has 1 aromatic carbocycles. The van der Waals surface area contributed by atoms with Gasteiger partial charge < -0.3 is 24.8 Å². The van der Waals surface area contributed by atoms with Crippen molar-refractivity contribution in [1.82, 2.24) is 10.6 Å². The Morgan fingerprint density at radius 1 is 1.09 bits per heavy atom. The average molecular weight is 336 g/mol. The van der Waals surface area contributed by atoms with Crippen LogP contribution in [0.25, 0.3) is 0 Å². The second kappa shape index (κ2) is 6.87. The van der Waals surface area contributed by atoms with Crippen LogP contribution >= 0.6 is 12.2 Å². The van der Waals surface area contributed by atoms with E-state index in [2.05, 4.69) is 10.6 Å². The maximum Gasteiger partial charge on any atom is 0.171 e. The molecule has 1 aliphatic heterocycles. The van der Waals surface area contributed by atoms with Gasteiger partial charge in [0.1, 0.15) is 5.75 Å². The SMILES string of the molecule is COc1cc(OC)c([C@H]2NC(=S)NC(C)=C2C(C)=O)cc1OC. The summed E-state index contributed by atoms with van der Waals surface area (Å²) >= 11 is 5.22. The molecule has 23 heavy (non-hydrogen) atoms. The highest BCUT2D eigenvalue weighted by atomic mass is 32.1. The van der Waals surface area contributed by atoms with E-state index in [1.54, 1.807) is 33.5 Å². The third-order valence-corrected chi connectivity index (χ3v) is 3.92. The molecule has 124 valence electrons. The monoisotopic (exact) mass is 336 g/mol. The molecule has 1 heterocycles. The van der Waals surface area contributed by atoms with Gasteiger partial charge in [-0.1, -0.05) is 0 Å². The zero-order valence-electron chi connectivity index (χ0n) is 13.8. The van der Waals surface area contributed by atoms with Crippen LogP contribution in [0.5, 0.6) is 17.2 Å². The number of allylic oxidation sites excluding steroid dienone is 1. The number of hydrogen-bond donors (Lipinski definition) is 2. The average Bonchev–Trinajstić information content (AvgIpc) is 2.52. The first kappa shape index (κ1) is 17.1. The zero-order chi connectivity index (χ0) is 17.1. The van der Waals surface area contributed by atoms with Gasteiger partial charge in [-0.2, -0.15) is 0 Å². The van der Waals surface area contributed by atoms with Crippen molar-refractivity contribution in [3.63, 3.8) is 0 Å². The molecule has 0 spiro atoms. The summed E-state index contributed by atoms with van der Waals surface area (Å²) in [4.78, 5) is 12.1. The number of carbonyl (C=O) groups excluding carboxylic acids is 1. The molecule has 0 bridgehead atoms. The van der Waals surface area contributed by atoms with Crippen LogP contribution < -0.4 is 24.8 Å². The van der Waals surface area contributed by atoms with Crippen LogP contribution in [0.4, 0.5) is 0 Å². The maximum absolute atomic E-state index is 12.1. The Balaban J connectivity index is 2.65. The van der Waals surface area contributed by atoms with Crippen LogP contribution in [0, 0.1) is 0 Å². The molecule has 2 N–H and O–H groups in total. The summed E-state index contributed by atoms with van der Waals surface area (Å²) in [5.41, 5.74) is 2.07. The van der Waals surface area contributed by atoms with Gasteiger partial charge in [-0.15, -0.1) is 0 Å². The Labute approximate surface area is 140 Å². The van der Waals surface area contributed by atoms with Crippen LogP contribution in [0.2, 0.25) is 0 Å². The molecule has 0 saturated carbocycles. The van der Waals surface area contributed by atoms with Gasteiger partial charge in [0.05, 0.1) is 27.4 Å². The third-order valence-electron chi connectivity index (χ3n) is 3.70. The van der Waals surface area contributed by atoms with E-state index in [-0.39, 0.29) is 5.78 Å². The highest BCUT2D eigenvalue weighted by molar-refractivity contribution is 7.80. The van der Waals surface area contributed by atoms with Gasteiger partial charge in [0.2, 0.25) is 0 Å². The van der Waals surface area contributed by atoms with E-state index in [0.717, 1.165) is 11.3 Å². The van der Waals surface area contributed by atoms with Crippen molar-refractivity contribution in [3.8, 4) is 17.2 Å². The molecule has 0 amide bonds. The minimum atomic E-state index is -0.420. The fourth-order valence-corrected chi connectivity index (χ4v) is 2.94. The molecular formula is C16H20N2O4S. The summed E-state index contributed by atoms with van der Waals surface area (Å²) in [5, 5.41) is 6.56. The normalized spacial score (nSPS) is 17.3. The van der Waals surface area contributed by atoms with Crippen LogP contribution in [0.1, 0.15) is 25.5 Å². The first-order chi connectivity index (χ1) is 10.9. The van der Waals surface area contributed by atoms with Crippen molar-refractivity contribution in [1.29, 1.82) is 0 Å². The van der Waals surface area contributed by atoms with E-state index in [0.29, 0.717) is 27.9 Å². The second-order valence-corrected chi connectivity index (χ2v) is 5.48. The number of thiocarbonyl (C=S) groups is 1. The molecule has 0 unspecified atom stereocenters. The lowest BCUT2D eigenvalue weighted by atomic mass is 9.92. The highest BCUT2D eigenvalue weighted by Crippen LogP contribution is 2.40. The summed E-state index contributed by atoms with van der Waals surface area (Å²) in [5.74, 6) is 1.63. The number of carbonyl (C=O) groups is 1. The lowest BCUT2D eigenvalue weighted by Crippen LogP contribution is -2.44. The summed E-state index contributed by atoms with van der Waals surface area (Å²) in [6.45, 7) is 3.35. The number of nitrogens with one attached hydrogen (secondary N) is 2. The maximum atomic E-state index is 12.1. The van der Waals surface area contributed by atoms with E-state index in [1.807, 2.05) is 6.92 Å². The van der Waals surface area contributed by atoms with Crippen LogP contribution in [0.15, 0.2) is 23.4 Å². The van der Waals surface area contributed by atoms with Gasteiger partial charge >= 0.3 is 0 Å². The van der Waals surface area contributed by atoms with Crippen molar-refractivity contribution in [2.75, 3.05) is 21.3 Å².